The molecule has 0 bridgehead atoms. The van der Waals surface area contributed by atoms with Gasteiger partial charge in [0, 0.05) is 29.7 Å². The van der Waals surface area contributed by atoms with Crippen LogP contribution in [0.2, 0.25) is 0 Å². The van der Waals surface area contributed by atoms with Gasteiger partial charge in [0.15, 0.2) is 5.82 Å². The molecule has 144 valence electrons. The maximum atomic E-state index is 13.1. The van der Waals surface area contributed by atoms with Gasteiger partial charge in [0.1, 0.15) is 5.82 Å². The lowest BCUT2D eigenvalue weighted by Gasteiger charge is -2.34. The molecule has 0 spiro atoms. The highest BCUT2D eigenvalue weighted by molar-refractivity contribution is 14.1. The number of aromatic nitrogens is 4. The number of amides is 1. The predicted molar refractivity (Wildman–Crippen MR) is 109 cm³/mol. The van der Waals surface area contributed by atoms with Crippen molar-refractivity contribution in [2.45, 2.75) is 6.54 Å². The lowest BCUT2D eigenvalue weighted by Crippen LogP contribution is -2.48. The molecule has 4 rings (SSSR count). The van der Waals surface area contributed by atoms with Gasteiger partial charge in [0.25, 0.3) is 5.91 Å². The Morgan fingerprint density at radius 3 is 2.46 bits per heavy atom. The summed E-state index contributed by atoms with van der Waals surface area (Å²) in [4.78, 5) is 16.8. The maximum Gasteiger partial charge on any atom is 0.255 e. The van der Waals surface area contributed by atoms with Crippen LogP contribution in [0.5, 0.6) is 0 Å². The normalized spacial score (nSPS) is 15.0. The fourth-order valence-corrected chi connectivity index (χ4v) is 3.82. The first kappa shape index (κ1) is 18.9. The largest absolute Gasteiger partial charge is 0.336 e. The molecule has 2 aromatic carbocycles. The average molecular weight is 492 g/mol. The first-order chi connectivity index (χ1) is 13.6. The highest BCUT2D eigenvalue weighted by Crippen LogP contribution is 2.16. The highest BCUT2D eigenvalue weighted by Gasteiger charge is 2.24. The van der Waals surface area contributed by atoms with Gasteiger partial charge in [-0.15, -0.1) is 5.10 Å². The van der Waals surface area contributed by atoms with Crippen LogP contribution >= 0.6 is 22.6 Å². The van der Waals surface area contributed by atoms with Crippen LogP contribution in [0.15, 0.2) is 48.5 Å². The van der Waals surface area contributed by atoms with E-state index in [0.29, 0.717) is 31.1 Å². The fraction of sp³-hybridized carbons (Fsp3) is 0.263. The Balaban J connectivity index is 1.39. The Morgan fingerprint density at radius 1 is 1.04 bits per heavy atom. The zero-order chi connectivity index (χ0) is 19.5. The summed E-state index contributed by atoms with van der Waals surface area (Å²) in [5, 5.41) is 11.9. The topological polar surface area (TPSA) is 67.2 Å². The van der Waals surface area contributed by atoms with Crippen molar-refractivity contribution >= 4 is 28.5 Å². The maximum absolute atomic E-state index is 13.1. The van der Waals surface area contributed by atoms with E-state index in [4.69, 9.17) is 0 Å². The van der Waals surface area contributed by atoms with E-state index < -0.39 is 0 Å². The minimum atomic E-state index is -0.299. The summed E-state index contributed by atoms with van der Waals surface area (Å²) in [5.74, 6) is 0.456. The molecule has 0 N–H and O–H groups in total. The van der Waals surface area contributed by atoms with Crippen molar-refractivity contribution in [3.05, 3.63) is 69.3 Å². The lowest BCUT2D eigenvalue weighted by atomic mass is 10.2. The molecule has 1 saturated heterocycles. The number of hydrogen-bond donors (Lipinski definition) is 0. The Labute approximate surface area is 175 Å². The van der Waals surface area contributed by atoms with E-state index in [0.717, 1.165) is 22.2 Å². The number of carbonyl (C=O) groups is 1. The third-order valence-electron chi connectivity index (χ3n) is 4.73. The predicted octanol–water partition coefficient (Wildman–Crippen LogP) is 2.36. The van der Waals surface area contributed by atoms with Crippen molar-refractivity contribution in [2.75, 3.05) is 26.2 Å². The van der Waals surface area contributed by atoms with Crippen molar-refractivity contribution < 1.29 is 9.18 Å². The van der Waals surface area contributed by atoms with Gasteiger partial charge in [0.2, 0.25) is 0 Å². The minimum absolute atomic E-state index is 0.0702. The second-order valence-corrected chi connectivity index (χ2v) is 7.69. The Hall–Kier alpha value is -2.40. The fourth-order valence-electron chi connectivity index (χ4n) is 3.20. The molecule has 28 heavy (non-hydrogen) atoms. The molecule has 3 aromatic rings. The number of hydrogen-bond acceptors (Lipinski definition) is 5. The number of tetrazole rings is 1. The molecule has 1 fully saturated rings. The minimum Gasteiger partial charge on any atom is -0.336 e. The van der Waals surface area contributed by atoms with E-state index in [9.17, 15) is 9.18 Å². The lowest BCUT2D eigenvalue weighted by molar-refractivity contribution is 0.0623. The second-order valence-electron chi connectivity index (χ2n) is 6.53. The van der Waals surface area contributed by atoms with Gasteiger partial charge in [-0.1, -0.05) is 12.1 Å². The highest BCUT2D eigenvalue weighted by atomic mass is 127. The number of carbonyl (C=O) groups excluding carboxylic acids is 1. The van der Waals surface area contributed by atoms with Gasteiger partial charge in [-0.25, -0.2) is 4.39 Å². The molecular weight excluding hydrogens is 474 g/mol. The molecule has 0 radical (unpaired) electrons. The SMILES string of the molecule is O=C(c1ccccc1I)N1CCN(Cc2nnnn2-c2ccc(F)cc2)CC1. The summed E-state index contributed by atoms with van der Waals surface area (Å²) in [5.41, 5.74) is 1.46. The molecule has 0 unspecified atom stereocenters. The molecule has 1 aliphatic heterocycles. The molecule has 7 nitrogen and oxygen atoms in total. The molecule has 1 aromatic heterocycles. The molecule has 1 amide bonds. The van der Waals surface area contributed by atoms with Gasteiger partial charge in [-0.2, -0.15) is 4.68 Å². The quantitative estimate of drug-likeness (QED) is 0.524. The van der Waals surface area contributed by atoms with Crippen molar-refractivity contribution in [3.63, 3.8) is 0 Å². The van der Waals surface area contributed by atoms with Crippen LogP contribution in [0.3, 0.4) is 0 Å². The van der Waals surface area contributed by atoms with Crippen LogP contribution in [0, 0.1) is 9.39 Å². The van der Waals surface area contributed by atoms with E-state index in [2.05, 4.69) is 43.0 Å². The first-order valence-electron chi connectivity index (χ1n) is 8.91. The molecule has 2 heterocycles. The Bertz CT molecular complexity index is 969. The first-order valence-corrected chi connectivity index (χ1v) is 9.99. The van der Waals surface area contributed by atoms with Gasteiger partial charge in [-0.05, 0) is 69.4 Å². The van der Waals surface area contributed by atoms with Crippen LogP contribution in [-0.2, 0) is 6.54 Å². The molecule has 9 heteroatoms. The van der Waals surface area contributed by atoms with Gasteiger partial charge in [0.05, 0.1) is 17.8 Å². The monoisotopic (exact) mass is 492 g/mol. The van der Waals surface area contributed by atoms with Gasteiger partial charge >= 0.3 is 0 Å². The van der Waals surface area contributed by atoms with Crippen molar-refractivity contribution in [1.29, 1.82) is 0 Å². The van der Waals surface area contributed by atoms with Crippen LogP contribution in [0.25, 0.3) is 5.69 Å². The summed E-state index contributed by atoms with van der Waals surface area (Å²) < 4.78 is 15.7. The third kappa shape index (κ3) is 4.04. The van der Waals surface area contributed by atoms with Gasteiger partial charge < -0.3 is 4.90 Å². The Kier molecular flexibility index (Phi) is 5.62. The molecule has 0 atom stereocenters. The number of rotatable bonds is 4. The zero-order valence-corrected chi connectivity index (χ0v) is 17.2. The van der Waals surface area contributed by atoms with Crippen molar-refractivity contribution in [3.8, 4) is 5.69 Å². The third-order valence-corrected chi connectivity index (χ3v) is 5.67. The Morgan fingerprint density at radius 2 is 1.75 bits per heavy atom. The number of halogens is 2. The summed E-state index contributed by atoms with van der Waals surface area (Å²) >= 11 is 2.19. The van der Waals surface area contributed by atoms with Gasteiger partial charge in [-0.3, -0.25) is 9.69 Å². The molecule has 0 aliphatic carbocycles. The van der Waals surface area contributed by atoms with Crippen LogP contribution in [0.1, 0.15) is 16.2 Å². The average Bonchev–Trinajstić information content (AvgIpc) is 3.17. The van der Waals surface area contributed by atoms with E-state index in [1.54, 1.807) is 16.8 Å². The smallest absolute Gasteiger partial charge is 0.255 e. The summed E-state index contributed by atoms with van der Waals surface area (Å²) in [6.07, 6.45) is 0. The van der Waals surface area contributed by atoms with E-state index >= 15 is 0 Å². The van der Waals surface area contributed by atoms with Crippen molar-refractivity contribution in [1.82, 2.24) is 30.0 Å². The number of piperazine rings is 1. The van der Waals surface area contributed by atoms with Crippen LogP contribution in [-0.4, -0.2) is 62.1 Å². The van der Waals surface area contributed by atoms with Crippen molar-refractivity contribution in [2.24, 2.45) is 0 Å². The second kappa shape index (κ2) is 8.31. The summed E-state index contributed by atoms with van der Waals surface area (Å²) in [6.45, 7) is 3.36. The summed E-state index contributed by atoms with van der Waals surface area (Å²) in [7, 11) is 0. The standard InChI is InChI=1S/C19H18FIN6O/c20-14-5-7-15(8-6-14)27-18(22-23-24-27)13-25-9-11-26(12-10-25)19(28)16-3-1-2-4-17(16)21/h1-8H,9-13H2. The molecule has 0 saturated carbocycles. The molecular formula is C19H18FIN6O. The van der Waals surface area contributed by atoms with E-state index in [1.807, 2.05) is 29.2 Å². The zero-order valence-electron chi connectivity index (χ0n) is 15.0. The van der Waals surface area contributed by atoms with E-state index in [1.165, 1.54) is 12.1 Å². The van der Waals surface area contributed by atoms with Crippen LogP contribution < -0.4 is 0 Å². The van der Waals surface area contributed by atoms with E-state index in [-0.39, 0.29) is 11.7 Å². The molecule has 1 aliphatic rings. The van der Waals surface area contributed by atoms with Crippen LogP contribution in [0.4, 0.5) is 4.39 Å². The summed E-state index contributed by atoms with van der Waals surface area (Å²) in [6, 6.07) is 13.7. The number of benzene rings is 2. The number of nitrogens with zero attached hydrogens (tertiary/aromatic N) is 6.